The molecule has 0 aliphatic heterocycles. The molecule has 0 aliphatic carbocycles. The fourth-order valence-corrected chi connectivity index (χ4v) is 4.39. The molecule has 23 heavy (non-hydrogen) atoms. The minimum atomic E-state index is -3.90. The first-order valence-electron chi connectivity index (χ1n) is 6.57. The van der Waals surface area contributed by atoms with Crippen LogP contribution in [-0.4, -0.2) is 40.8 Å². The quantitative estimate of drug-likeness (QED) is 0.755. The van der Waals surface area contributed by atoms with Gasteiger partial charge in [0.2, 0.25) is 15.9 Å². The van der Waals surface area contributed by atoms with Gasteiger partial charge in [-0.25, -0.2) is 21.6 Å². The Morgan fingerprint density at radius 3 is 2.26 bits per heavy atom. The molecule has 0 fully saturated rings. The molecule has 0 radical (unpaired) electrons. The number of benzene rings is 2. The SMILES string of the molecule is CS(=O)(=O)NC(CS(=O)(=O)c1ccc2ccccc2c1)C(N)=O. The molecule has 0 aromatic heterocycles. The molecule has 2 aromatic carbocycles. The average Bonchev–Trinajstić information content (AvgIpc) is 2.44. The molecule has 0 heterocycles. The predicted octanol–water partition coefficient (Wildman–Crippen LogP) is 0.0166. The standard InChI is InChI=1S/C14H16N2O5S2/c1-22(18,19)16-13(14(15)17)9-23(20,21)12-7-6-10-4-2-3-5-11(10)8-12/h2-8,13,16H,9H2,1H3,(H2,15,17). The second-order valence-electron chi connectivity index (χ2n) is 5.14. The molecule has 0 aliphatic rings. The number of sulfone groups is 1. The monoisotopic (exact) mass is 356 g/mol. The summed E-state index contributed by atoms with van der Waals surface area (Å²) in [6, 6.07) is 10.2. The lowest BCUT2D eigenvalue weighted by Crippen LogP contribution is -2.48. The van der Waals surface area contributed by atoms with Gasteiger partial charge < -0.3 is 5.73 Å². The van der Waals surface area contributed by atoms with Crippen molar-refractivity contribution in [1.82, 2.24) is 4.72 Å². The highest BCUT2D eigenvalue weighted by Gasteiger charge is 2.27. The van der Waals surface area contributed by atoms with E-state index in [0.29, 0.717) is 0 Å². The van der Waals surface area contributed by atoms with Crippen molar-refractivity contribution in [2.75, 3.05) is 12.0 Å². The zero-order valence-electron chi connectivity index (χ0n) is 12.3. The molecule has 2 aromatic rings. The lowest BCUT2D eigenvalue weighted by atomic mass is 10.1. The van der Waals surface area contributed by atoms with Crippen molar-refractivity contribution < 1.29 is 21.6 Å². The van der Waals surface area contributed by atoms with E-state index in [1.54, 1.807) is 18.2 Å². The highest BCUT2D eigenvalue weighted by atomic mass is 32.2. The maximum absolute atomic E-state index is 12.4. The molecule has 0 saturated carbocycles. The molecule has 1 atom stereocenters. The first-order valence-corrected chi connectivity index (χ1v) is 10.1. The predicted molar refractivity (Wildman–Crippen MR) is 87.0 cm³/mol. The highest BCUT2D eigenvalue weighted by Crippen LogP contribution is 2.20. The Labute approximate surface area is 134 Å². The van der Waals surface area contributed by atoms with E-state index in [1.165, 1.54) is 12.1 Å². The van der Waals surface area contributed by atoms with Crippen molar-refractivity contribution in [2.24, 2.45) is 5.73 Å². The van der Waals surface area contributed by atoms with Crippen molar-refractivity contribution in [1.29, 1.82) is 0 Å². The van der Waals surface area contributed by atoms with E-state index >= 15 is 0 Å². The summed E-state index contributed by atoms with van der Waals surface area (Å²) in [6.45, 7) is 0. The van der Waals surface area contributed by atoms with Gasteiger partial charge in [0.05, 0.1) is 16.9 Å². The number of hydrogen-bond acceptors (Lipinski definition) is 5. The summed E-state index contributed by atoms with van der Waals surface area (Å²) in [5, 5.41) is 1.59. The number of nitrogens with one attached hydrogen (secondary N) is 1. The summed E-state index contributed by atoms with van der Waals surface area (Å²) in [5.74, 6) is -1.80. The van der Waals surface area contributed by atoms with Crippen LogP contribution in [0.4, 0.5) is 0 Å². The van der Waals surface area contributed by atoms with Gasteiger partial charge in [0, 0.05) is 0 Å². The number of rotatable bonds is 6. The van der Waals surface area contributed by atoms with Crippen LogP contribution in [0.2, 0.25) is 0 Å². The van der Waals surface area contributed by atoms with E-state index < -0.39 is 37.6 Å². The van der Waals surface area contributed by atoms with Crippen LogP contribution in [0.3, 0.4) is 0 Å². The third kappa shape index (κ3) is 4.50. The zero-order valence-corrected chi connectivity index (χ0v) is 13.9. The molecule has 3 N–H and O–H groups in total. The van der Waals surface area contributed by atoms with Crippen molar-refractivity contribution in [3.05, 3.63) is 42.5 Å². The molecule has 7 nitrogen and oxygen atoms in total. The fourth-order valence-electron chi connectivity index (χ4n) is 2.11. The van der Waals surface area contributed by atoms with Crippen LogP contribution in [0.1, 0.15) is 0 Å². The molecule has 0 spiro atoms. The van der Waals surface area contributed by atoms with Crippen molar-refractivity contribution in [3.8, 4) is 0 Å². The van der Waals surface area contributed by atoms with Gasteiger partial charge in [-0.1, -0.05) is 30.3 Å². The van der Waals surface area contributed by atoms with Crippen molar-refractivity contribution >= 4 is 36.5 Å². The smallest absolute Gasteiger partial charge is 0.236 e. The maximum Gasteiger partial charge on any atom is 0.236 e. The summed E-state index contributed by atoms with van der Waals surface area (Å²) in [6.07, 6.45) is 0.825. The van der Waals surface area contributed by atoms with Gasteiger partial charge in [0.1, 0.15) is 6.04 Å². The second kappa shape index (κ2) is 6.26. The summed E-state index contributed by atoms with van der Waals surface area (Å²) >= 11 is 0. The van der Waals surface area contributed by atoms with Crippen LogP contribution in [0.5, 0.6) is 0 Å². The Balaban J connectivity index is 2.37. The van der Waals surface area contributed by atoms with Gasteiger partial charge >= 0.3 is 0 Å². The van der Waals surface area contributed by atoms with Crippen LogP contribution in [-0.2, 0) is 24.7 Å². The van der Waals surface area contributed by atoms with Gasteiger partial charge in [0.25, 0.3) is 0 Å². The van der Waals surface area contributed by atoms with Gasteiger partial charge in [0.15, 0.2) is 9.84 Å². The molecular weight excluding hydrogens is 340 g/mol. The zero-order chi connectivity index (χ0) is 17.3. The van der Waals surface area contributed by atoms with Crippen LogP contribution in [0.15, 0.2) is 47.4 Å². The molecule has 0 bridgehead atoms. The van der Waals surface area contributed by atoms with E-state index in [2.05, 4.69) is 0 Å². The highest BCUT2D eigenvalue weighted by molar-refractivity contribution is 7.91. The average molecular weight is 356 g/mol. The number of carbonyl (C=O) groups is 1. The van der Waals surface area contributed by atoms with E-state index in [4.69, 9.17) is 5.73 Å². The van der Waals surface area contributed by atoms with E-state index in [0.717, 1.165) is 17.0 Å². The van der Waals surface area contributed by atoms with E-state index in [9.17, 15) is 21.6 Å². The first-order chi connectivity index (χ1) is 10.6. The number of sulfonamides is 1. The number of carbonyl (C=O) groups excluding carboxylic acids is 1. The molecular formula is C14H16N2O5S2. The number of hydrogen-bond donors (Lipinski definition) is 2. The van der Waals surface area contributed by atoms with Crippen LogP contribution < -0.4 is 10.5 Å². The molecule has 1 unspecified atom stereocenters. The Morgan fingerprint density at radius 1 is 1.09 bits per heavy atom. The van der Waals surface area contributed by atoms with Gasteiger partial charge in [-0.2, -0.15) is 0 Å². The second-order valence-corrected chi connectivity index (χ2v) is 8.95. The summed E-state index contributed by atoms with van der Waals surface area (Å²) in [5.41, 5.74) is 5.09. The third-order valence-electron chi connectivity index (χ3n) is 3.17. The Morgan fingerprint density at radius 2 is 1.70 bits per heavy atom. The lowest BCUT2D eigenvalue weighted by Gasteiger charge is -2.14. The lowest BCUT2D eigenvalue weighted by molar-refractivity contribution is -0.119. The minimum absolute atomic E-state index is 0.00208. The fraction of sp³-hybridized carbons (Fsp3) is 0.214. The summed E-state index contributed by atoms with van der Waals surface area (Å²) in [4.78, 5) is 11.3. The van der Waals surface area contributed by atoms with Crippen LogP contribution >= 0.6 is 0 Å². The van der Waals surface area contributed by atoms with Crippen LogP contribution in [0.25, 0.3) is 10.8 Å². The Kier molecular flexibility index (Phi) is 4.73. The van der Waals surface area contributed by atoms with E-state index in [1.807, 2.05) is 16.9 Å². The molecule has 1 amide bonds. The summed E-state index contributed by atoms with van der Waals surface area (Å²) < 4.78 is 49.3. The molecule has 0 saturated heterocycles. The van der Waals surface area contributed by atoms with Crippen molar-refractivity contribution in [2.45, 2.75) is 10.9 Å². The summed E-state index contributed by atoms with van der Waals surface area (Å²) in [7, 11) is -7.67. The Hall–Kier alpha value is -1.97. The largest absolute Gasteiger partial charge is 0.368 e. The van der Waals surface area contributed by atoms with Gasteiger partial charge in [-0.3, -0.25) is 4.79 Å². The number of nitrogens with two attached hydrogens (primary N) is 1. The topological polar surface area (TPSA) is 123 Å². The molecule has 2 rings (SSSR count). The number of fused-ring (bicyclic) bond motifs is 1. The third-order valence-corrected chi connectivity index (χ3v) is 5.62. The normalized spacial score (nSPS) is 13.8. The first kappa shape index (κ1) is 17.4. The number of amides is 1. The van der Waals surface area contributed by atoms with Crippen molar-refractivity contribution in [3.63, 3.8) is 0 Å². The molecule has 124 valence electrons. The van der Waals surface area contributed by atoms with Gasteiger partial charge in [-0.15, -0.1) is 0 Å². The number of primary amides is 1. The van der Waals surface area contributed by atoms with Gasteiger partial charge in [-0.05, 0) is 22.9 Å². The molecule has 9 heteroatoms. The Bertz CT molecular complexity index is 952. The van der Waals surface area contributed by atoms with Crippen LogP contribution in [0, 0.1) is 0 Å². The maximum atomic E-state index is 12.4. The van der Waals surface area contributed by atoms with E-state index in [-0.39, 0.29) is 4.90 Å². The minimum Gasteiger partial charge on any atom is -0.368 e.